The molecule has 0 saturated carbocycles. The third-order valence-corrected chi connectivity index (χ3v) is 4.16. The van der Waals surface area contributed by atoms with Gasteiger partial charge in [-0.3, -0.25) is 0 Å². The average molecular weight is 280 g/mol. The Morgan fingerprint density at radius 2 is 2.06 bits per heavy atom. The van der Waals surface area contributed by atoms with Gasteiger partial charge in [-0.05, 0) is 0 Å². The van der Waals surface area contributed by atoms with Gasteiger partial charge in [0.05, 0.1) is 0 Å². The quantitative estimate of drug-likeness (QED) is 0.620. The molecule has 16 heavy (non-hydrogen) atoms. The van der Waals surface area contributed by atoms with Crippen LogP contribution in [0, 0.1) is 6.92 Å². The Bertz CT molecular complexity index is 576. The van der Waals surface area contributed by atoms with Gasteiger partial charge in [0.15, 0.2) is 0 Å². The van der Waals surface area contributed by atoms with Crippen LogP contribution in [0.25, 0.3) is 10.8 Å². The second-order valence-corrected chi connectivity index (χ2v) is 5.83. The standard InChI is InChI=1S/C14H16OSe/c1-4-16-14-8-7-13(15-3)11-6-5-10(2)9-12(11)14/h5-9H,4H2,1-3H3/i4+1H2. The third-order valence-electron chi connectivity index (χ3n) is 2.52. The van der Waals surface area contributed by atoms with E-state index in [1.54, 1.807) is 14.0 Å². The molecule has 0 amide bonds. The van der Waals surface area contributed by atoms with Crippen molar-refractivity contribution in [2.45, 2.75) is 19.1 Å². The molecule has 0 N–H and O–H groups in total. The first kappa shape index (κ1) is 9.09. The van der Waals surface area contributed by atoms with Gasteiger partial charge in [-0.25, -0.2) is 0 Å². The summed E-state index contributed by atoms with van der Waals surface area (Å²) < 4.78 is 22.0. The number of fused-ring (bicyclic) bond motifs is 1. The van der Waals surface area contributed by atoms with Crippen LogP contribution in [-0.4, -0.2) is 22.1 Å². The first-order chi connectivity index (χ1) is 8.40. The molecule has 0 spiro atoms. The predicted molar refractivity (Wildman–Crippen MR) is 71.1 cm³/mol. The van der Waals surface area contributed by atoms with Gasteiger partial charge in [0.25, 0.3) is 0 Å². The molecule has 0 aliphatic carbocycles. The molecule has 2 aromatic rings. The van der Waals surface area contributed by atoms with Gasteiger partial charge in [-0.2, -0.15) is 0 Å². The van der Waals surface area contributed by atoms with Gasteiger partial charge < -0.3 is 0 Å². The molecule has 0 unspecified atom stereocenters. The Morgan fingerprint density at radius 3 is 2.75 bits per heavy atom. The molecule has 0 saturated heterocycles. The van der Waals surface area contributed by atoms with Crippen LogP contribution in [-0.2, 0) is 0 Å². The third kappa shape index (κ3) is 2.09. The van der Waals surface area contributed by atoms with Crippen molar-refractivity contribution in [3.05, 3.63) is 35.9 Å². The van der Waals surface area contributed by atoms with Crippen LogP contribution in [0.4, 0.5) is 0 Å². The van der Waals surface area contributed by atoms with Gasteiger partial charge in [0.1, 0.15) is 0 Å². The van der Waals surface area contributed by atoms with E-state index in [0.717, 1.165) is 21.0 Å². The van der Waals surface area contributed by atoms with Gasteiger partial charge >= 0.3 is 106 Å². The number of methoxy groups -OCH3 is 1. The Morgan fingerprint density at radius 1 is 1.25 bits per heavy atom. The van der Waals surface area contributed by atoms with E-state index >= 15 is 0 Å². The van der Waals surface area contributed by atoms with Crippen molar-refractivity contribution in [2.75, 3.05) is 7.11 Å². The average Bonchev–Trinajstić information content (AvgIpc) is 2.28. The molecule has 0 fully saturated rings. The van der Waals surface area contributed by atoms with Crippen molar-refractivity contribution in [2.24, 2.45) is 0 Å². The monoisotopic (exact) mass is 281 g/mol. The van der Waals surface area contributed by atoms with E-state index in [-0.39, 0.29) is 15.0 Å². The van der Waals surface area contributed by atoms with Crippen LogP contribution >= 0.6 is 0 Å². The normalized spacial score (nSPS) is 13.4. The van der Waals surface area contributed by atoms with E-state index in [9.17, 15) is 0 Å². The van der Waals surface area contributed by atoms with Gasteiger partial charge in [-0.15, -0.1) is 0 Å². The number of ether oxygens (including phenoxy) is 1. The van der Waals surface area contributed by atoms with Gasteiger partial charge in [0.2, 0.25) is 0 Å². The van der Waals surface area contributed by atoms with Crippen LogP contribution in [0.15, 0.2) is 30.3 Å². The number of hydrogen-bond acceptors (Lipinski definition) is 1. The summed E-state index contributed by atoms with van der Waals surface area (Å²) in [5.41, 5.74) is 1.18. The topological polar surface area (TPSA) is 9.23 Å². The van der Waals surface area contributed by atoms with Gasteiger partial charge in [0, 0.05) is 0 Å². The minimum absolute atomic E-state index is 0.203. The molecule has 2 rings (SSSR count). The fourth-order valence-electron chi connectivity index (χ4n) is 1.78. The fourth-order valence-corrected chi connectivity index (χ4v) is 3.12. The summed E-state index contributed by atoms with van der Waals surface area (Å²) >= 11 is -0.203. The van der Waals surface area contributed by atoms with Crippen molar-refractivity contribution >= 4 is 30.2 Å². The molecule has 0 atom stereocenters. The predicted octanol–water partition coefficient (Wildman–Crippen LogP) is 2.92. The van der Waals surface area contributed by atoms with Crippen LogP contribution in [0.1, 0.15) is 15.2 Å². The molecule has 0 aromatic heterocycles. The zero-order chi connectivity index (χ0) is 13.3. The van der Waals surface area contributed by atoms with E-state index in [1.165, 1.54) is 5.56 Å². The zero-order valence-electron chi connectivity index (χ0n) is 11.7. The molecule has 84 valence electrons. The Kier molecular flexibility index (Phi) is 2.78. The van der Waals surface area contributed by atoms with Crippen molar-refractivity contribution in [1.29, 1.82) is 0 Å². The summed E-state index contributed by atoms with van der Waals surface area (Å²) in [6.45, 7) is 3.69. The van der Waals surface area contributed by atoms with Crippen molar-refractivity contribution < 1.29 is 7.48 Å². The van der Waals surface area contributed by atoms with Crippen LogP contribution in [0.3, 0.4) is 0 Å². The fraction of sp³-hybridized carbons (Fsp3) is 0.286. The second kappa shape index (κ2) is 4.90. The zero-order valence-corrected chi connectivity index (χ0v) is 11.4. The molecule has 0 aliphatic heterocycles. The maximum atomic E-state index is 7.76. The van der Waals surface area contributed by atoms with E-state index in [2.05, 4.69) is 19.1 Å². The summed E-state index contributed by atoms with van der Waals surface area (Å²) in [7, 11) is 1.67. The summed E-state index contributed by atoms with van der Waals surface area (Å²) in [4.78, 5) is 0. The van der Waals surface area contributed by atoms with Crippen LogP contribution in [0.5, 0.6) is 5.75 Å². The van der Waals surface area contributed by atoms with Crippen LogP contribution in [0.2, 0.25) is 5.27 Å². The summed E-state index contributed by atoms with van der Waals surface area (Å²) in [6.07, 6.45) is 0. The molecular formula is C14H16OSe. The SMILES string of the molecule is [1H][13C]([1H])(C)[Se]c1ccc(OC)c2ccc(C)cc12. The second-order valence-electron chi connectivity index (χ2n) is 3.62. The molecule has 0 bridgehead atoms. The van der Waals surface area contributed by atoms with E-state index in [0.29, 0.717) is 0 Å². The Hall–Kier alpha value is -0.981. The summed E-state index contributed by atoms with van der Waals surface area (Å²) in [5, 5.41) is 1.03. The number of rotatable bonds is 3. The molecule has 1 nitrogen and oxygen atoms in total. The van der Waals surface area contributed by atoms with Crippen molar-refractivity contribution in [3.8, 4) is 5.75 Å². The summed E-state index contributed by atoms with van der Waals surface area (Å²) in [6, 6.07) is 10.1. The minimum atomic E-state index is -1.14. The molecule has 0 radical (unpaired) electrons. The Balaban J connectivity index is 2.64. The molecule has 0 heterocycles. The molecule has 2 aromatic carbocycles. The molecule has 0 aliphatic rings. The maximum absolute atomic E-state index is 7.76. The number of aryl methyl sites for hydroxylation is 1. The van der Waals surface area contributed by atoms with Crippen LogP contribution < -0.4 is 9.20 Å². The number of benzene rings is 2. The first-order valence-corrected chi connectivity index (χ1v) is 6.88. The van der Waals surface area contributed by atoms with E-state index < -0.39 is 5.27 Å². The van der Waals surface area contributed by atoms with E-state index in [1.807, 2.05) is 18.2 Å². The van der Waals surface area contributed by atoms with Crippen molar-refractivity contribution in [3.63, 3.8) is 0 Å². The van der Waals surface area contributed by atoms with Crippen molar-refractivity contribution in [1.82, 2.24) is 0 Å². The molecule has 2 heteroatoms. The summed E-state index contributed by atoms with van der Waals surface area (Å²) in [5.74, 6) is 0.848. The first-order valence-electron chi connectivity index (χ1n) is 6.17. The number of hydrogen-bond donors (Lipinski definition) is 0. The molecular weight excluding hydrogens is 264 g/mol. The van der Waals surface area contributed by atoms with E-state index in [4.69, 9.17) is 7.48 Å². The van der Waals surface area contributed by atoms with Gasteiger partial charge in [-0.1, -0.05) is 0 Å². The Labute approximate surface area is 106 Å².